The molecule has 2 amide bonds. The highest BCUT2D eigenvalue weighted by Gasteiger charge is 2.14. The maximum Gasteiger partial charge on any atom is 0.315 e. The van der Waals surface area contributed by atoms with Gasteiger partial charge < -0.3 is 15.7 Å². The van der Waals surface area contributed by atoms with Crippen LogP contribution in [-0.4, -0.2) is 29.7 Å². The van der Waals surface area contributed by atoms with Crippen molar-refractivity contribution in [3.8, 4) is 0 Å². The molecule has 0 spiro atoms. The van der Waals surface area contributed by atoms with E-state index in [9.17, 15) is 9.59 Å². The third-order valence-corrected chi connectivity index (χ3v) is 3.26. The Morgan fingerprint density at radius 2 is 2.26 bits per heavy atom. The van der Waals surface area contributed by atoms with E-state index in [2.05, 4.69) is 16.7 Å². The highest BCUT2D eigenvalue weighted by atomic mass is 16.4. The van der Waals surface area contributed by atoms with Crippen LogP contribution in [0, 0.1) is 0 Å². The second-order valence-corrected chi connectivity index (χ2v) is 4.99. The van der Waals surface area contributed by atoms with E-state index >= 15 is 0 Å². The Hall–Kier alpha value is -1.52. The molecule has 1 rings (SSSR count). The van der Waals surface area contributed by atoms with Gasteiger partial charge in [-0.2, -0.15) is 0 Å². The predicted octanol–water partition coefficient (Wildman–Crippen LogP) is 2.43. The number of nitrogens with one attached hydrogen (secondary N) is 2. The summed E-state index contributed by atoms with van der Waals surface area (Å²) in [5.74, 6) is -0.880. The zero-order valence-electron chi connectivity index (χ0n) is 11.6. The fraction of sp³-hybridized carbons (Fsp3) is 0.714. The summed E-state index contributed by atoms with van der Waals surface area (Å²) in [7, 11) is 0. The third-order valence-electron chi connectivity index (χ3n) is 3.26. The van der Waals surface area contributed by atoms with Gasteiger partial charge in [0, 0.05) is 12.6 Å². The summed E-state index contributed by atoms with van der Waals surface area (Å²) in [5.41, 5.74) is 1.41. The van der Waals surface area contributed by atoms with Crippen molar-refractivity contribution in [2.75, 3.05) is 6.54 Å². The number of allylic oxidation sites excluding steroid dienone is 1. The number of rotatable bonds is 8. The number of urea groups is 1. The van der Waals surface area contributed by atoms with E-state index in [1.165, 1.54) is 12.0 Å². The third kappa shape index (κ3) is 6.84. The van der Waals surface area contributed by atoms with Gasteiger partial charge in [0.1, 0.15) is 0 Å². The Morgan fingerprint density at radius 3 is 2.84 bits per heavy atom. The number of carboxylic acids is 1. The van der Waals surface area contributed by atoms with E-state index in [0.717, 1.165) is 25.7 Å². The van der Waals surface area contributed by atoms with Crippen LogP contribution in [0.1, 0.15) is 51.9 Å². The monoisotopic (exact) mass is 268 g/mol. The van der Waals surface area contributed by atoms with Crippen LogP contribution in [0.4, 0.5) is 4.79 Å². The van der Waals surface area contributed by atoms with Crippen LogP contribution in [0.3, 0.4) is 0 Å². The summed E-state index contributed by atoms with van der Waals surface area (Å²) in [4.78, 5) is 22.3. The largest absolute Gasteiger partial charge is 0.481 e. The highest BCUT2D eigenvalue weighted by Crippen LogP contribution is 2.19. The molecule has 0 saturated heterocycles. The molecule has 108 valence electrons. The van der Waals surface area contributed by atoms with E-state index in [4.69, 9.17) is 5.11 Å². The molecule has 0 heterocycles. The van der Waals surface area contributed by atoms with Gasteiger partial charge in [-0.3, -0.25) is 4.79 Å². The maximum absolute atomic E-state index is 11.6. The van der Waals surface area contributed by atoms with Crippen molar-refractivity contribution >= 4 is 12.0 Å². The number of hydrogen-bond donors (Lipinski definition) is 3. The van der Waals surface area contributed by atoms with Crippen molar-refractivity contribution in [3.05, 3.63) is 11.6 Å². The standard InChI is InChI=1S/C14H24N2O3/c1-2-5-12(10-13(17)18)16-14(19)15-9-8-11-6-3-4-7-11/h6,12H,2-5,7-10H2,1H3,(H,17,18)(H2,15,16,19). The van der Waals surface area contributed by atoms with Crippen molar-refractivity contribution in [3.63, 3.8) is 0 Å². The molecule has 0 saturated carbocycles. The molecule has 1 atom stereocenters. The van der Waals surface area contributed by atoms with Gasteiger partial charge in [-0.1, -0.05) is 25.0 Å². The molecule has 1 unspecified atom stereocenters. The van der Waals surface area contributed by atoms with Crippen molar-refractivity contribution in [2.45, 2.75) is 57.9 Å². The van der Waals surface area contributed by atoms with Gasteiger partial charge in [0.05, 0.1) is 6.42 Å². The number of hydrogen-bond acceptors (Lipinski definition) is 2. The van der Waals surface area contributed by atoms with Crippen LogP contribution < -0.4 is 10.6 Å². The van der Waals surface area contributed by atoms with Crippen molar-refractivity contribution in [2.24, 2.45) is 0 Å². The Morgan fingerprint density at radius 1 is 1.47 bits per heavy atom. The van der Waals surface area contributed by atoms with Crippen LogP contribution >= 0.6 is 0 Å². The topological polar surface area (TPSA) is 78.4 Å². The minimum atomic E-state index is -0.880. The van der Waals surface area contributed by atoms with E-state index in [-0.39, 0.29) is 18.5 Å². The van der Waals surface area contributed by atoms with Gasteiger partial charge in [-0.25, -0.2) is 4.79 Å². The number of aliphatic carboxylic acids is 1. The first-order valence-electron chi connectivity index (χ1n) is 7.06. The van der Waals surface area contributed by atoms with Gasteiger partial charge in [0.15, 0.2) is 0 Å². The number of amides is 2. The number of carboxylic acid groups (broad SMARTS) is 1. The normalized spacial score (nSPS) is 15.7. The van der Waals surface area contributed by atoms with Crippen LogP contribution in [0.5, 0.6) is 0 Å². The molecule has 0 aromatic carbocycles. The summed E-state index contributed by atoms with van der Waals surface area (Å²) in [6.45, 7) is 2.59. The van der Waals surface area contributed by atoms with Crippen LogP contribution in [0.15, 0.2) is 11.6 Å². The second kappa shape index (κ2) is 8.56. The summed E-state index contributed by atoms with van der Waals surface area (Å²) >= 11 is 0. The van der Waals surface area contributed by atoms with Crippen LogP contribution in [0.2, 0.25) is 0 Å². The smallest absolute Gasteiger partial charge is 0.315 e. The first kappa shape index (κ1) is 15.5. The first-order chi connectivity index (χ1) is 9.11. The summed E-state index contributed by atoms with van der Waals surface area (Å²) in [6.07, 6.45) is 8.16. The average molecular weight is 268 g/mol. The van der Waals surface area contributed by atoms with Gasteiger partial charge >= 0.3 is 12.0 Å². The average Bonchev–Trinajstić information content (AvgIpc) is 2.81. The lowest BCUT2D eigenvalue weighted by atomic mass is 10.1. The maximum atomic E-state index is 11.6. The van der Waals surface area contributed by atoms with Gasteiger partial charge in [-0.05, 0) is 32.1 Å². The lowest BCUT2D eigenvalue weighted by Crippen LogP contribution is -2.43. The molecular formula is C14H24N2O3. The highest BCUT2D eigenvalue weighted by molar-refractivity contribution is 5.75. The lowest BCUT2D eigenvalue weighted by molar-refractivity contribution is -0.137. The number of carbonyl (C=O) groups is 2. The molecule has 1 aliphatic rings. The SMILES string of the molecule is CCCC(CC(=O)O)NC(=O)NCCC1=CCCC1. The Balaban J connectivity index is 2.21. The van der Waals surface area contributed by atoms with Crippen molar-refractivity contribution < 1.29 is 14.7 Å². The van der Waals surface area contributed by atoms with Crippen molar-refractivity contribution in [1.82, 2.24) is 10.6 Å². The molecule has 0 aliphatic heterocycles. The number of carbonyl (C=O) groups excluding carboxylic acids is 1. The minimum Gasteiger partial charge on any atom is -0.481 e. The Kier molecular flexibility index (Phi) is 7.00. The predicted molar refractivity (Wildman–Crippen MR) is 74.0 cm³/mol. The molecular weight excluding hydrogens is 244 g/mol. The summed E-state index contributed by atoms with van der Waals surface area (Å²) in [6, 6.07) is -0.550. The molecule has 0 fully saturated rings. The van der Waals surface area contributed by atoms with E-state index in [1.807, 2.05) is 6.92 Å². The van der Waals surface area contributed by atoms with Gasteiger partial charge in [-0.15, -0.1) is 0 Å². The van der Waals surface area contributed by atoms with Gasteiger partial charge in [0.25, 0.3) is 0 Å². The zero-order valence-corrected chi connectivity index (χ0v) is 11.6. The van der Waals surface area contributed by atoms with E-state index in [1.54, 1.807) is 0 Å². The molecule has 1 aliphatic carbocycles. The summed E-state index contributed by atoms with van der Waals surface area (Å²) < 4.78 is 0. The fourth-order valence-corrected chi connectivity index (χ4v) is 2.32. The summed E-state index contributed by atoms with van der Waals surface area (Å²) in [5, 5.41) is 14.3. The minimum absolute atomic E-state index is 0.0214. The van der Waals surface area contributed by atoms with E-state index in [0.29, 0.717) is 13.0 Å². The first-order valence-corrected chi connectivity index (χ1v) is 7.06. The molecule has 5 heteroatoms. The molecule has 5 nitrogen and oxygen atoms in total. The molecule has 0 bridgehead atoms. The van der Waals surface area contributed by atoms with Gasteiger partial charge in [0.2, 0.25) is 0 Å². The molecule has 0 aromatic rings. The molecule has 3 N–H and O–H groups in total. The Bertz CT molecular complexity index is 340. The zero-order chi connectivity index (χ0) is 14.1. The Labute approximate surface area is 114 Å². The lowest BCUT2D eigenvalue weighted by Gasteiger charge is -2.16. The second-order valence-electron chi connectivity index (χ2n) is 4.99. The van der Waals surface area contributed by atoms with Crippen LogP contribution in [-0.2, 0) is 4.79 Å². The molecule has 19 heavy (non-hydrogen) atoms. The van der Waals surface area contributed by atoms with Crippen molar-refractivity contribution in [1.29, 1.82) is 0 Å². The van der Waals surface area contributed by atoms with E-state index < -0.39 is 5.97 Å². The van der Waals surface area contributed by atoms with Crippen LogP contribution in [0.25, 0.3) is 0 Å². The molecule has 0 aromatic heterocycles. The molecule has 0 radical (unpaired) electrons. The fourth-order valence-electron chi connectivity index (χ4n) is 2.32. The quantitative estimate of drug-likeness (QED) is 0.592.